The van der Waals surface area contributed by atoms with Gasteiger partial charge in [-0.1, -0.05) is 54.1 Å². The summed E-state index contributed by atoms with van der Waals surface area (Å²) >= 11 is 0. The third kappa shape index (κ3) is 4.23. The van der Waals surface area contributed by atoms with Crippen LogP contribution in [-0.4, -0.2) is 11.1 Å². The lowest BCUT2D eigenvalue weighted by Crippen LogP contribution is -1.94. The minimum atomic E-state index is -0.709. The van der Waals surface area contributed by atoms with Crippen molar-refractivity contribution < 1.29 is 9.90 Å². The highest BCUT2D eigenvalue weighted by Crippen LogP contribution is 2.20. The second-order valence-electron chi connectivity index (χ2n) is 5.16. The van der Waals surface area contributed by atoms with Gasteiger partial charge in [-0.05, 0) is 42.9 Å². The molecule has 2 rings (SSSR count). The van der Waals surface area contributed by atoms with E-state index in [2.05, 4.69) is 55.5 Å². The summed E-state index contributed by atoms with van der Waals surface area (Å²) in [5.74, 6) is -0.709. The Morgan fingerprint density at radius 3 is 2.00 bits per heavy atom. The largest absolute Gasteiger partial charge is 0.481 e. The van der Waals surface area contributed by atoms with Crippen LogP contribution in [0.25, 0.3) is 11.1 Å². The zero-order valence-corrected chi connectivity index (χ0v) is 11.8. The van der Waals surface area contributed by atoms with Crippen LogP contribution in [0.2, 0.25) is 0 Å². The van der Waals surface area contributed by atoms with Gasteiger partial charge >= 0.3 is 5.97 Å². The summed E-state index contributed by atoms with van der Waals surface area (Å²) in [4.78, 5) is 10.4. The summed E-state index contributed by atoms with van der Waals surface area (Å²) in [6, 6.07) is 17.1. The second kappa shape index (κ2) is 6.90. The predicted molar refractivity (Wildman–Crippen MR) is 81.8 cm³/mol. The van der Waals surface area contributed by atoms with Gasteiger partial charge in [0.2, 0.25) is 0 Å². The number of aryl methyl sites for hydroxylation is 2. The molecule has 0 bridgehead atoms. The normalized spacial score (nSPS) is 10.4. The fourth-order valence-electron chi connectivity index (χ4n) is 2.22. The van der Waals surface area contributed by atoms with E-state index in [4.69, 9.17) is 5.11 Å². The van der Waals surface area contributed by atoms with Gasteiger partial charge < -0.3 is 5.11 Å². The summed E-state index contributed by atoms with van der Waals surface area (Å²) in [5.41, 5.74) is 4.99. The van der Waals surface area contributed by atoms with Gasteiger partial charge in [-0.25, -0.2) is 0 Å². The summed E-state index contributed by atoms with van der Waals surface area (Å²) < 4.78 is 0. The smallest absolute Gasteiger partial charge is 0.303 e. The monoisotopic (exact) mass is 268 g/mol. The Hall–Kier alpha value is -2.09. The average Bonchev–Trinajstić information content (AvgIpc) is 2.45. The molecular weight excluding hydrogens is 248 g/mol. The van der Waals surface area contributed by atoms with Crippen LogP contribution in [0.1, 0.15) is 30.4 Å². The summed E-state index contributed by atoms with van der Waals surface area (Å²) in [7, 11) is 0. The fourth-order valence-corrected chi connectivity index (χ4v) is 2.22. The van der Waals surface area contributed by atoms with E-state index in [0.717, 1.165) is 19.3 Å². The molecule has 1 N–H and O–H groups in total. The maximum absolute atomic E-state index is 10.4. The van der Waals surface area contributed by atoms with Crippen LogP contribution in [0.5, 0.6) is 0 Å². The third-order valence-electron chi connectivity index (χ3n) is 3.44. The van der Waals surface area contributed by atoms with Crippen molar-refractivity contribution in [1.29, 1.82) is 0 Å². The summed E-state index contributed by atoms with van der Waals surface area (Å²) in [6.45, 7) is 2.09. The van der Waals surface area contributed by atoms with Gasteiger partial charge in [-0.2, -0.15) is 0 Å². The SMILES string of the molecule is Cc1ccc(-c2ccc(CCCCC(=O)O)cc2)cc1. The third-order valence-corrected chi connectivity index (χ3v) is 3.44. The molecule has 0 radical (unpaired) electrons. The Morgan fingerprint density at radius 2 is 1.45 bits per heavy atom. The lowest BCUT2D eigenvalue weighted by atomic mass is 10.0. The highest BCUT2D eigenvalue weighted by Gasteiger charge is 2.00. The quantitative estimate of drug-likeness (QED) is 0.785. The van der Waals surface area contributed by atoms with Crippen molar-refractivity contribution in [2.45, 2.75) is 32.6 Å². The fraction of sp³-hybridized carbons (Fsp3) is 0.278. The Labute approximate surface area is 120 Å². The molecule has 20 heavy (non-hydrogen) atoms. The molecule has 104 valence electrons. The van der Waals surface area contributed by atoms with Crippen LogP contribution in [0.15, 0.2) is 48.5 Å². The van der Waals surface area contributed by atoms with Crippen molar-refractivity contribution in [3.8, 4) is 11.1 Å². The maximum Gasteiger partial charge on any atom is 0.303 e. The lowest BCUT2D eigenvalue weighted by molar-refractivity contribution is -0.137. The number of hydrogen-bond acceptors (Lipinski definition) is 1. The molecule has 0 aromatic heterocycles. The van der Waals surface area contributed by atoms with E-state index in [1.54, 1.807) is 0 Å². The molecule has 0 aliphatic rings. The predicted octanol–water partition coefficient (Wildman–Crippen LogP) is 4.46. The van der Waals surface area contributed by atoms with Gasteiger partial charge in [-0.3, -0.25) is 4.79 Å². The molecule has 0 saturated carbocycles. The topological polar surface area (TPSA) is 37.3 Å². The van der Waals surface area contributed by atoms with E-state index in [9.17, 15) is 4.79 Å². The maximum atomic E-state index is 10.4. The Kier molecular flexibility index (Phi) is 4.94. The highest BCUT2D eigenvalue weighted by atomic mass is 16.4. The molecule has 0 aliphatic heterocycles. The second-order valence-corrected chi connectivity index (χ2v) is 5.16. The van der Waals surface area contributed by atoms with Crippen molar-refractivity contribution in [3.05, 3.63) is 59.7 Å². The molecule has 0 heterocycles. The van der Waals surface area contributed by atoms with E-state index >= 15 is 0 Å². The van der Waals surface area contributed by atoms with E-state index in [0.29, 0.717) is 0 Å². The van der Waals surface area contributed by atoms with Gasteiger partial charge in [0, 0.05) is 6.42 Å². The molecule has 2 nitrogen and oxygen atoms in total. The molecule has 0 atom stereocenters. The van der Waals surface area contributed by atoms with Crippen molar-refractivity contribution in [2.75, 3.05) is 0 Å². The molecule has 0 amide bonds. The number of rotatable bonds is 6. The van der Waals surface area contributed by atoms with Gasteiger partial charge in [-0.15, -0.1) is 0 Å². The van der Waals surface area contributed by atoms with E-state index in [1.165, 1.54) is 22.3 Å². The Bertz CT molecular complexity index is 553. The summed E-state index contributed by atoms with van der Waals surface area (Å²) in [6.07, 6.45) is 2.88. The highest BCUT2D eigenvalue weighted by molar-refractivity contribution is 5.66. The zero-order valence-electron chi connectivity index (χ0n) is 11.8. The molecule has 0 spiro atoms. The molecule has 2 aromatic rings. The first-order valence-corrected chi connectivity index (χ1v) is 7.03. The molecule has 2 aromatic carbocycles. The van der Waals surface area contributed by atoms with Crippen LogP contribution in [0, 0.1) is 6.92 Å². The lowest BCUT2D eigenvalue weighted by Gasteiger charge is -2.05. The Balaban J connectivity index is 1.92. The first-order chi connectivity index (χ1) is 9.65. The molecule has 2 heteroatoms. The van der Waals surface area contributed by atoms with Gasteiger partial charge in [0.05, 0.1) is 0 Å². The number of benzene rings is 2. The van der Waals surface area contributed by atoms with E-state index in [-0.39, 0.29) is 6.42 Å². The van der Waals surface area contributed by atoms with E-state index in [1.807, 2.05) is 0 Å². The number of unbranched alkanes of at least 4 members (excludes halogenated alkanes) is 1. The van der Waals surface area contributed by atoms with Gasteiger partial charge in [0.15, 0.2) is 0 Å². The molecule has 0 fully saturated rings. The van der Waals surface area contributed by atoms with Crippen LogP contribution < -0.4 is 0 Å². The van der Waals surface area contributed by atoms with Crippen LogP contribution in [0.3, 0.4) is 0 Å². The first-order valence-electron chi connectivity index (χ1n) is 7.03. The standard InChI is InChI=1S/C18H20O2/c1-14-6-10-16(11-7-14)17-12-8-15(9-13-17)4-2-3-5-18(19)20/h6-13H,2-5H2,1H3,(H,19,20). The van der Waals surface area contributed by atoms with Crippen molar-refractivity contribution >= 4 is 5.97 Å². The van der Waals surface area contributed by atoms with Gasteiger partial charge in [0.25, 0.3) is 0 Å². The Morgan fingerprint density at radius 1 is 0.900 bits per heavy atom. The zero-order chi connectivity index (χ0) is 14.4. The summed E-state index contributed by atoms with van der Waals surface area (Å²) in [5, 5.41) is 8.59. The van der Waals surface area contributed by atoms with Crippen molar-refractivity contribution in [3.63, 3.8) is 0 Å². The number of carboxylic acid groups (broad SMARTS) is 1. The number of carboxylic acids is 1. The van der Waals surface area contributed by atoms with Crippen LogP contribution in [-0.2, 0) is 11.2 Å². The minimum absolute atomic E-state index is 0.265. The minimum Gasteiger partial charge on any atom is -0.481 e. The molecule has 0 saturated heterocycles. The molecular formula is C18H20O2. The molecule has 0 aliphatic carbocycles. The van der Waals surface area contributed by atoms with Crippen LogP contribution in [0.4, 0.5) is 0 Å². The van der Waals surface area contributed by atoms with E-state index < -0.39 is 5.97 Å². The van der Waals surface area contributed by atoms with Crippen LogP contribution >= 0.6 is 0 Å². The first kappa shape index (κ1) is 14.3. The van der Waals surface area contributed by atoms with Crippen molar-refractivity contribution in [1.82, 2.24) is 0 Å². The molecule has 0 unspecified atom stereocenters. The number of carbonyl (C=O) groups is 1. The average molecular weight is 268 g/mol. The van der Waals surface area contributed by atoms with Gasteiger partial charge in [0.1, 0.15) is 0 Å². The van der Waals surface area contributed by atoms with Crippen molar-refractivity contribution in [2.24, 2.45) is 0 Å². The number of hydrogen-bond donors (Lipinski definition) is 1. The number of aliphatic carboxylic acids is 1.